The largest absolute Gasteiger partial charge is 0.573 e. The molecule has 120 valence electrons. The molecular weight excluding hydrogens is 309 g/mol. The van der Waals surface area contributed by atoms with Crippen molar-refractivity contribution >= 4 is 9.84 Å². The number of alkyl halides is 3. The third-order valence-electron chi connectivity index (χ3n) is 3.34. The molecule has 1 N–H and O–H groups in total. The number of halogens is 3. The van der Waals surface area contributed by atoms with E-state index in [9.17, 15) is 26.7 Å². The lowest BCUT2D eigenvalue weighted by Crippen LogP contribution is -2.44. The van der Waals surface area contributed by atoms with E-state index in [1.54, 1.807) is 0 Å². The molecule has 1 atom stereocenters. The zero-order valence-electron chi connectivity index (χ0n) is 11.8. The molecule has 0 amide bonds. The number of aliphatic hydroxyl groups is 1. The number of ether oxygens (including phenoxy) is 1. The topological polar surface area (TPSA) is 63.6 Å². The number of aliphatic hydroxyl groups excluding tert-OH is 1. The monoisotopic (exact) mass is 326 g/mol. The molecule has 0 heterocycles. The van der Waals surface area contributed by atoms with Gasteiger partial charge in [0.1, 0.15) is 5.75 Å². The molecule has 21 heavy (non-hydrogen) atoms. The maximum Gasteiger partial charge on any atom is 0.573 e. The smallest absolute Gasteiger partial charge is 0.406 e. The van der Waals surface area contributed by atoms with Gasteiger partial charge in [-0.05, 0) is 38.0 Å². The first kappa shape index (κ1) is 17.8. The number of rotatable bonds is 5. The van der Waals surface area contributed by atoms with Crippen molar-refractivity contribution in [3.63, 3.8) is 0 Å². The van der Waals surface area contributed by atoms with Gasteiger partial charge in [0.2, 0.25) is 0 Å². The summed E-state index contributed by atoms with van der Waals surface area (Å²) in [5, 5.41) is 10.0. The predicted molar refractivity (Wildman–Crippen MR) is 71.8 cm³/mol. The maximum absolute atomic E-state index is 12.0. The highest BCUT2D eigenvalue weighted by atomic mass is 32.2. The van der Waals surface area contributed by atoms with Crippen LogP contribution in [0.5, 0.6) is 5.75 Å². The Balaban J connectivity index is 2.81. The molecular formula is C13H17F3O4S. The van der Waals surface area contributed by atoms with Gasteiger partial charge in [0.15, 0.2) is 9.84 Å². The summed E-state index contributed by atoms with van der Waals surface area (Å²) in [5.74, 6) is -0.372. The Morgan fingerprint density at radius 1 is 1.19 bits per heavy atom. The fourth-order valence-corrected chi connectivity index (χ4v) is 2.12. The van der Waals surface area contributed by atoms with Gasteiger partial charge in [-0.3, -0.25) is 0 Å². The van der Waals surface area contributed by atoms with Crippen LogP contribution in [0.15, 0.2) is 24.3 Å². The summed E-state index contributed by atoms with van der Waals surface area (Å²) in [6, 6.07) is 4.93. The minimum atomic E-state index is -4.76. The predicted octanol–water partition coefficient (Wildman–Crippen LogP) is 2.31. The fraction of sp³-hybridized carbons (Fsp3) is 0.538. The second-order valence-corrected chi connectivity index (χ2v) is 7.88. The van der Waals surface area contributed by atoms with Crippen molar-refractivity contribution in [2.24, 2.45) is 0 Å². The first-order valence-electron chi connectivity index (χ1n) is 6.05. The molecule has 1 aromatic carbocycles. The van der Waals surface area contributed by atoms with E-state index in [-0.39, 0.29) is 12.2 Å². The van der Waals surface area contributed by atoms with Gasteiger partial charge in [0.05, 0.1) is 10.9 Å². The maximum atomic E-state index is 12.0. The van der Waals surface area contributed by atoms with Crippen molar-refractivity contribution in [3.8, 4) is 5.75 Å². The van der Waals surface area contributed by atoms with Crippen LogP contribution < -0.4 is 4.74 Å². The Morgan fingerprint density at radius 3 is 2.05 bits per heavy atom. The average molecular weight is 326 g/mol. The molecule has 0 fully saturated rings. The van der Waals surface area contributed by atoms with Crippen LogP contribution in [0.3, 0.4) is 0 Å². The molecule has 0 aliphatic rings. The molecule has 0 bridgehead atoms. The van der Waals surface area contributed by atoms with Crippen molar-refractivity contribution in [3.05, 3.63) is 29.8 Å². The van der Waals surface area contributed by atoms with Gasteiger partial charge in [-0.15, -0.1) is 13.2 Å². The van der Waals surface area contributed by atoms with Crippen LogP contribution >= 0.6 is 0 Å². The lowest BCUT2D eigenvalue weighted by Gasteiger charge is -2.28. The highest BCUT2D eigenvalue weighted by molar-refractivity contribution is 7.92. The highest BCUT2D eigenvalue weighted by Crippen LogP contribution is 2.26. The lowest BCUT2D eigenvalue weighted by molar-refractivity contribution is -0.274. The molecule has 0 aliphatic heterocycles. The number of hydrogen-bond acceptors (Lipinski definition) is 4. The Kier molecular flexibility index (Phi) is 4.94. The molecule has 0 aliphatic carbocycles. The van der Waals surface area contributed by atoms with E-state index in [2.05, 4.69) is 4.74 Å². The standard InChI is InChI=1S/C13H17F3O4S/c1-12(2,21(3,18)19)11(17)8-9-4-6-10(7-5-9)20-13(14,15)16/h4-7,11,17H,8H2,1-3H3. The van der Waals surface area contributed by atoms with Gasteiger partial charge in [0.25, 0.3) is 0 Å². The minimum Gasteiger partial charge on any atom is -0.406 e. The summed E-state index contributed by atoms with van der Waals surface area (Å²) in [7, 11) is -3.48. The Labute approximate surface area is 121 Å². The summed E-state index contributed by atoms with van der Waals surface area (Å²) in [5.41, 5.74) is 0.508. The average Bonchev–Trinajstić information content (AvgIpc) is 2.28. The normalized spacial score (nSPS) is 14.8. The van der Waals surface area contributed by atoms with Gasteiger partial charge < -0.3 is 9.84 Å². The minimum absolute atomic E-state index is 0.00632. The molecule has 0 saturated heterocycles. The van der Waals surface area contributed by atoms with Crippen molar-refractivity contribution < 1.29 is 31.4 Å². The van der Waals surface area contributed by atoms with Crippen molar-refractivity contribution in [2.75, 3.05) is 6.26 Å². The van der Waals surface area contributed by atoms with E-state index in [1.165, 1.54) is 26.0 Å². The third-order valence-corrected chi connectivity index (χ3v) is 5.53. The second kappa shape index (κ2) is 5.84. The summed E-state index contributed by atoms with van der Waals surface area (Å²) < 4.78 is 61.6. The Hall–Kier alpha value is -1.28. The van der Waals surface area contributed by atoms with Crippen LogP contribution in [-0.4, -0.2) is 37.0 Å². The van der Waals surface area contributed by atoms with Crippen LogP contribution in [0, 0.1) is 0 Å². The molecule has 8 heteroatoms. The fourth-order valence-electron chi connectivity index (χ4n) is 1.54. The summed E-state index contributed by atoms with van der Waals surface area (Å²) >= 11 is 0. The van der Waals surface area contributed by atoms with Crippen molar-refractivity contribution in [1.29, 1.82) is 0 Å². The number of hydrogen-bond donors (Lipinski definition) is 1. The van der Waals surface area contributed by atoms with Gasteiger partial charge >= 0.3 is 6.36 Å². The highest BCUT2D eigenvalue weighted by Gasteiger charge is 2.38. The van der Waals surface area contributed by atoms with E-state index >= 15 is 0 Å². The van der Waals surface area contributed by atoms with E-state index in [0.29, 0.717) is 5.56 Å². The second-order valence-electron chi connectivity index (χ2n) is 5.29. The van der Waals surface area contributed by atoms with Gasteiger partial charge in [0, 0.05) is 6.26 Å². The third kappa shape index (κ3) is 4.89. The van der Waals surface area contributed by atoms with Gasteiger partial charge in [-0.2, -0.15) is 0 Å². The van der Waals surface area contributed by atoms with Crippen molar-refractivity contribution in [2.45, 2.75) is 37.5 Å². The first-order valence-corrected chi connectivity index (χ1v) is 7.94. The Bertz CT molecular complexity index is 576. The molecule has 1 aromatic rings. The van der Waals surface area contributed by atoms with Crippen LogP contribution in [0.4, 0.5) is 13.2 Å². The van der Waals surface area contributed by atoms with Crippen LogP contribution in [0.2, 0.25) is 0 Å². The number of sulfone groups is 1. The first-order chi connectivity index (χ1) is 9.33. The van der Waals surface area contributed by atoms with E-state index in [4.69, 9.17) is 0 Å². The van der Waals surface area contributed by atoms with Gasteiger partial charge in [-0.1, -0.05) is 12.1 Å². The molecule has 0 radical (unpaired) electrons. The summed E-state index contributed by atoms with van der Waals surface area (Å²) in [6.45, 7) is 2.79. The lowest BCUT2D eigenvalue weighted by atomic mass is 9.98. The molecule has 0 saturated carbocycles. The van der Waals surface area contributed by atoms with Crippen LogP contribution in [0.25, 0.3) is 0 Å². The quantitative estimate of drug-likeness (QED) is 0.902. The summed E-state index contributed by atoms with van der Waals surface area (Å²) in [6.07, 6.45) is -4.91. The van der Waals surface area contributed by atoms with E-state index < -0.39 is 27.1 Å². The molecule has 1 unspecified atom stereocenters. The molecule has 0 aromatic heterocycles. The zero-order chi connectivity index (χ0) is 16.5. The SMILES string of the molecule is CC(C)(C(O)Cc1ccc(OC(F)(F)F)cc1)S(C)(=O)=O. The van der Waals surface area contributed by atoms with Gasteiger partial charge in [-0.25, -0.2) is 8.42 Å². The van der Waals surface area contributed by atoms with E-state index in [1.807, 2.05) is 0 Å². The molecule has 0 spiro atoms. The molecule has 1 rings (SSSR count). The van der Waals surface area contributed by atoms with Crippen molar-refractivity contribution in [1.82, 2.24) is 0 Å². The number of benzene rings is 1. The Morgan fingerprint density at radius 2 is 1.67 bits per heavy atom. The zero-order valence-corrected chi connectivity index (χ0v) is 12.6. The molecule has 4 nitrogen and oxygen atoms in total. The van der Waals surface area contributed by atoms with Crippen LogP contribution in [-0.2, 0) is 16.3 Å². The summed E-state index contributed by atoms with van der Waals surface area (Å²) in [4.78, 5) is 0. The van der Waals surface area contributed by atoms with Crippen LogP contribution in [0.1, 0.15) is 19.4 Å². The van der Waals surface area contributed by atoms with E-state index in [0.717, 1.165) is 18.4 Å².